The fourth-order valence-electron chi connectivity index (χ4n) is 2.89. The molecule has 1 fully saturated rings. The molecule has 24 heavy (non-hydrogen) atoms. The Morgan fingerprint density at radius 3 is 2.92 bits per heavy atom. The van der Waals surface area contributed by atoms with E-state index in [-0.39, 0.29) is 11.7 Å². The largest absolute Gasteiger partial charge is 0.493 e. The summed E-state index contributed by atoms with van der Waals surface area (Å²) in [5.74, 6) is 0.825. The van der Waals surface area contributed by atoms with Crippen LogP contribution in [-0.4, -0.2) is 45.3 Å². The molecule has 2 heterocycles. The number of amides is 1. The molecule has 0 saturated carbocycles. The maximum absolute atomic E-state index is 12.9. The number of benzene rings is 1. The number of carbonyl (C=O) groups excluding carboxylic acids is 1. The van der Waals surface area contributed by atoms with E-state index >= 15 is 0 Å². The average Bonchev–Trinajstić information content (AvgIpc) is 3.13. The molecule has 1 saturated heterocycles. The number of nitrogens with zero attached hydrogens (tertiary/aromatic N) is 4. The molecule has 1 aromatic carbocycles. The van der Waals surface area contributed by atoms with Gasteiger partial charge in [-0.3, -0.25) is 9.48 Å². The van der Waals surface area contributed by atoms with Crippen molar-refractivity contribution in [3.8, 4) is 5.75 Å². The predicted molar refractivity (Wildman–Crippen MR) is 85.8 cm³/mol. The molecule has 3 rings (SSSR count). The summed E-state index contributed by atoms with van der Waals surface area (Å²) in [5, 5.41) is 4.01. The van der Waals surface area contributed by atoms with Crippen LogP contribution in [0.15, 0.2) is 36.9 Å². The first-order valence-corrected chi connectivity index (χ1v) is 8.19. The lowest BCUT2D eigenvalue weighted by molar-refractivity contribution is -0.133. The SMILES string of the molecule is O=C(CCn1cncn1)N1CCC[C@@H](COc2ccc(F)cc2)C1. The Labute approximate surface area is 140 Å². The summed E-state index contributed by atoms with van der Waals surface area (Å²) in [7, 11) is 0. The summed E-state index contributed by atoms with van der Waals surface area (Å²) < 4.78 is 20.3. The van der Waals surface area contributed by atoms with Crippen molar-refractivity contribution in [3.05, 3.63) is 42.7 Å². The highest BCUT2D eigenvalue weighted by Crippen LogP contribution is 2.19. The van der Waals surface area contributed by atoms with Crippen molar-refractivity contribution in [2.45, 2.75) is 25.8 Å². The number of halogens is 1. The smallest absolute Gasteiger partial charge is 0.224 e. The molecular formula is C17H21FN4O2. The van der Waals surface area contributed by atoms with Crippen molar-refractivity contribution >= 4 is 5.91 Å². The Balaban J connectivity index is 1.45. The number of hydrogen-bond acceptors (Lipinski definition) is 4. The predicted octanol–water partition coefficient (Wildman–Crippen LogP) is 2.12. The summed E-state index contributed by atoms with van der Waals surface area (Å²) in [6.07, 6.45) is 5.52. The molecule has 0 radical (unpaired) electrons. The topological polar surface area (TPSA) is 60.2 Å². The van der Waals surface area contributed by atoms with E-state index in [1.54, 1.807) is 23.1 Å². The minimum atomic E-state index is -0.274. The second-order valence-electron chi connectivity index (χ2n) is 6.02. The molecule has 1 aromatic heterocycles. The molecule has 0 spiro atoms. The van der Waals surface area contributed by atoms with Gasteiger partial charge in [-0.05, 0) is 37.1 Å². The summed E-state index contributed by atoms with van der Waals surface area (Å²) in [4.78, 5) is 18.1. The first-order valence-electron chi connectivity index (χ1n) is 8.19. The molecule has 1 amide bonds. The number of carbonyl (C=O) groups is 1. The molecule has 128 valence electrons. The van der Waals surface area contributed by atoms with Gasteiger partial charge in [0, 0.05) is 25.4 Å². The van der Waals surface area contributed by atoms with E-state index in [4.69, 9.17) is 4.74 Å². The lowest BCUT2D eigenvalue weighted by Crippen LogP contribution is -2.41. The highest BCUT2D eigenvalue weighted by molar-refractivity contribution is 5.76. The van der Waals surface area contributed by atoms with E-state index < -0.39 is 0 Å². The minimum Gasteiger partial charge on any atom is -0.493 e. The van der Waals surface area contributed by atoms with Crippen LogP contribution in [0.1, 0.15) is 19.3 Å². The summed E-state index contributed by atoms with van der Waals surface area (Å²) >= 11 is 0. The maximum atomic E-state index is 12.9. The van der Waals surface area contributed by atoms with Crippen LogP contribution in [0.4, 0.5) is 4.39 Å². The maximum Gasteiger partial charge on any atom is 0.224 e. The number of likely N-dealkylation sites (tertiary alicyclic amines) is 1. The summed E-state index contributed by atoms with van der Waals surface area (Å²) in [6, 6.07) is 6.02. The molecule has 0 unspecified atom stereocenters. The standard InChI is InChI=1S/C17H21FN4O2/c18-15-3-5-16(6-4-15)24-11-14-2-1-8-21(10-14)17(23)7-9-22-13-19-12-20-22/h3-6,12-14H,1-2,7-11H2/t14-/m1/s1. The molecular weight excluding hydrogens is 311 g/mol. The van der Waals surface area contributed by atoms with Crippen molar-refractivity contribution in [1.82, 2.24) is 19.7 Å². The van der Waals surface area contributed by atoms with Gasteiger partial charge in [-0.15, -0.1) is 0 Å². The number of hydrogen-bond donors (Lipinski definition) is 0. The molecule has 2 aromatic rings. The molecule has 1 aliphatic heterocycles. The number of aromatic nitrogens is 3. The molecule has 1 atom stereocenters. The zero-order chi connectivity index (χ0) is 16.8. The van der Waals surface area contributed by atoms with Gasteiger partial charge in [-0.1, -0.05) is 0 Å². The molecule has 1 aliphatic rings. The van der Waals surface area contributed by atoms with E-state index in [0.29, 0.717) is 37.8 Å². The fraction of sp³-hybridized carbons (Fsp3) is 0.471. The fourth-order valence-corrected chi connectivity index (χ4v) is 2.89. The van der Waals surface area contributed by atoms with Gasteiger partial charge in [0.1, 0.15) is 24.2 Å². The number of piperidine rings is 1. The van der Waals surface area contributed by atoms with Crippen molar-refractivity contribution < 1.29 is 13.9 Å². The number of ether oxygens (including phenoxy) is 1. The van der Waals surface area contributed by atoms with Gasteiger partial charge in [0.15, 0.2) is 0 Å². The van der Waals surface area contributed by atoms with Crippen LogP contribution in [0.25, 0.3) is 0 Å². The highest BCUT2D eigenvalue weighted by Gasteiger charge is 2.24. The molecule has 6 nitrogen and oxygen atoms in total. The van der Waals surface area contributed by atoms with E-state index in [1.165, 1.54) is 18.5 Å². The summed E-state index contributed by atoms with van der Waals surface area (Å²) in [6.45, 7) is 2.59. The van der Waals surface area contributed by atoms with Gasteiger partial charge in [0.05, 0.1) is 13.2 Å². The van der Waals surface area contributed by atoms with E-state index in [1.807, 2.05) is 4.90 Å². The monoisotopic (exact) mass is 332 g/mol. The first kappa shape index (κ1) is 16.4. The minimum absolute atomic E-state index is 0.136. The molecule has 7 heteroatoms. The average molecular weight is 332 g/mol. The van der Waals surface area contributed by atoms with Gasteiger partial charge in [0.2, 0.25) is 5.91 Å². The molecule has 0 aliphatic carbocycles. The van der Waals surface area contributed by atoms with Crippen LogP contribution in [0.3, 0.4) is 0 Å². The first-order chi connectivity index (χ1) is 11.7. The van der Waals surface area contributed by atoms with Gasteiger partial charge in [-0.25, -0.2) is 9.37 Å². The lowest BCUT2D eigenvalue weighted by atomic mass is 9.98. The second kappa shape index (κ2) is 7.90. The zero-order valence-corrected chi connectivity index (χ0v) is 13.5. The highest BCUT2D eigenvalue weighted by atomic mass is 19.1. The van der Waals surface area contributed by atoms with Crippen molar-refractivity contribution in [2.24, 2.45) is 5.92 Å². The Morgan fingerprint density at radius 2 is 2.17 bits per heavy atom. The van der Waals surface area contributed by atoms with E-state index in [0.717, 1.165) is 19.4 Å². The van der Waals surface area contributed by atoms with Crippen molar-refractivity contribution in [2.75, 3.05) is 19.7 Å². The summed E-state index contributed by atoms with van der Waals surface area (Å²) in [5.41, 5.74) is 0. The van der Waals surface area contributed by atoms with Gasteiger partial charge in [0.25, 0.3) is 0 Å². The third-order valence-corrected chi connectivity index (χ3v) is 4.19. The van der Waals surface area contributed by atoms with E-state index in [9.17, 15) is 9.18 Å². The quantitative estimate of drug-likeness (QED) is 0.813. The van der Waals surface area contributed by atoms with Crippen LogP contribution in [0, 0.1) is 11.7 Å². The van der Waals surface area contributed by atoms with Crippen LogP contribution >= 0.6 is 0 Å². The normalized spacial score (nSPS) is 17.7. The molecule has 0 bridgehead atoms. The van der Waals surface area contributed by atoms with Crippen LogP contribution < -0.4 is 4.74 Å². The Bertz CT molecular complexity index is 645. The van der Waals surface area contributed by atoms with Crippen molar-refractivity contribution in [3.63, 3.8) is 0 Å². The van der Waals surface area contributed by atoms with Crippen LogP contribution in [-0.2, 0) is 11.3 Å². The Kier molecular flexibility index (Phi) is 5.40. The van der Waals surface area contributed by atoms with Gasteiger partial charge >= 0.3 is 0 Å². The van der Waals surface area contributed by atoms with Crippen LogP contribution in [0.2, 0.25) is 0 Å². The number of aryl methyl sites for hydroxylation is 1. The molecule has 0 N–H and O–H groups in total. The Hall–Kier alpha value is -2.44. The van der Waals surface area contributed by atoms with Gasteiger partial charge in [-0.2, -0.15) is 5.10 Å². The third kappa shape index (κ3) is 4.53. The van der Waals surface area contributed by atoms with E-state index in [2.05, 4.69) is 10.1 Å². The van der Waals surface area contributed by atoms with Crippen molar-refractivity contribution in [1.29, 1.82) is 0 Å². The van der Waals surface area contributed by atoms with Crippen LogP contribution in [0.5, 0.6) is 5.75 Å². The Morgan fingerprint density at radius 1 is 1.33 bits per heavy atom. The van der Waals surface area contributed by atoms with Gasteiger partial charge < -0.3 is 9.64 Å². The third-order valence-electron chi connectivity index (χ3n) is 4.19. The lowest BCUT2D eigenvalue weighted by Gasteiger charge is -2.32. The zero-order valence-electron chi connectivity index (χ0n) is 13.5. The number of rotatable bonds is 6. The second-order valence-corrected chi connectivity index (χ2v) is 6.02.